The number of rotatable bonds is 6. The van der Waals surface area contributed by atoms with Crippen LogP contribution >= 0.6 is 0 Å². The van der Waals surface area contributed by atoms with E-state index in [0.29, 0.717) is 6.61 Å². The van der Waals surface area contributed by atoms with Crippen LogP contribution in [0.25, 0.3) is 0 Å². The molecule has 1 aromatic rings. The van der Waals surface area contributed by atoms with E-state index in [1.807, 2.05) is 78.8 Å². The van der Waals surface area contributed by atoms with Crippen molar-refractivity contribution in [3.05, 3.63) is 35.9 Å². The van der Waals surface area contributed by atoms with Gasteiger partial charge in [-0.1, -0.05) is 30.3 Å². The lowest BCUT2D eigenvalue weighted by atomic mass is 10.0. The van der Waals surface area contributed by atoms with E-state index in [4.69, 9.17) is 18.9 Å². The maximum Gasteiger partial charge on any atom is 0.413 e. The van der Waals surface area contributed by atoms with Gasteiger partial charge in [0.05, 0.1) is 31.3 Å². The van der Waals surface area contributed by atoms with Crippen LogP contribution in [0.5, 0.6) is 0 Å². The minimum atomic E-state index is -0.982. The average molecular weight is 450 g/mol. The first-order valence-electron chi connectivity index (χ1n) is 11.2. The summed E-state index contributed by atoms with van der Waals surface area (Å²) in [6, 6.07) is 9.27. The quantitative estimate of drug-likeness (QED) is 0.565. The number of hydrogen-bond donors (Lipinski definition) is 0. The Morgan fingerprint density at radius 3 is 2.12 bits per heavy atom. The summed E-state index contributed by atoms with van der Waals surface area (Å²) in [5.74, 6) is -0.385. The van der Waals surface area contributed by atoms with Gasteiger partial charge in [0.2, 0.25) is 0 Å². The highest BCUT2D eigenvalue weighted by Gasteiger charge is 2.54. The van der Waals surface area contributed by atoms with Crippen LogP contribution in [0.2, 0.25) is 0 Å². The Labute approximate surface area is 192 Å². The van der Waals surface area contributed by atoms with Crippen molar-refractivity contribution < 1.29 is 28.5 Å². The second-order valence-electron chi connectivity index (χ2n) is 10.7. The first-order chi connectivity index (χ1) is 14.6. The van der Waals surface area contributed by atoms with Gasteiger partial charge in [0.15, 0.2) is 0 Å². The van der Waals surface area contributed by atoms with E-state index < -0.39 is 41.3 Å². The first-order valence-corrected chi connectivity index (χ1v) is 11.2. The number of hydrogen-bond acceptors (Lipinski definition) is 6. The number of benzene rings is 1. The lowest BCUT2D eigenvalue weighted by Gasteiger charge is -2.37. The number of carbonyl (C=O) groups is 2. The fourth-order valence-electron chi connectivity index (χ4n) is 3.80. The van der Waals surface area contributed by atoms with Gasteiger partial charge in [-0.05, 0) is 67.9 Å². The molecule has 0 unspecified atom stereocenters. The summed E-state index contributed by atoms with van der Waals surface area (Å²) in [6.45, 7) is 16.8. The van der Waals surface area contributed by atoms with Gasteiger partial charge in [-0.3, -0.25) is 9.69 Å². The molecule has 0 saturated carbocycles. The summed E-state index contributed by atoms with van der Waals surface area (Å²) in [4.78, 5) is 27.3. The Bertz CT molecular complexity index is 778. The predicted molar refractivity (Wildman–Crippen MR) is 122 cm³/mol. The van der Waals surface area contributed by atoms with Gasteiger partial charge in [-0.2, -0.15) is 0 Å². The van der Waals surface area contributed by atoms with Crippen molar-refractivity contribution in [1.29, 1.82) is 0 Å². The van der Waals surface area contributed by atoms with E-state index in [-0.39, 0.29) is 12.4 Å². The Morgan fingerprint density at radius 1 is 1.03 bits per heavy atom. The standard InChI is InChI=1S/C25H39NO6/c1-17(29-16-18-13-11-10-12-14-18)21-19(15-20(27)31-23(2,3)4)30-25(8,9)26(21)22(28)32-24(5,6)7/h10-14,17,19,21H,15-16H2,1-9H3/t17-,19+,21+/m1/s1. The predicted octanol–water partition coefficient (Wildman–Crippen LogP) is 5.06. The van der Waals surface area contributed by atoms with Crippen LogP contribution in [0, 0.1) is 0 Å². The average Bonchev–Trinajstić information content (AvgIpc) is 2.87. The smallest absolute Gasteiger partial charge is 0.413 e. The van der Waals surface area contributed by atoms with Crippen molar-refractivity contribution in [2.45, 2.75) is 111 Å². The molecule has 32 heavy (non-hydrogen) atoms. The summed E-state index contributed by atoms with van der Waals surface area (Å²) in [6.07, 6.45) is -1.52. The molecule has 0 radical (unpaired) electrons. The summed E-state index contributed by atoms with van der Waals surface area (Å²) in [7, 11) is 0. The van der Waals surface area contributed by atoms with Crippen LogP contribution in [0.15, 0.2) is 30.3 Å². The molecule has 7 nitrogen and oxygen atoms in total. The number of carbonyl (C=O) groups excluding carboxylic acids is 2. The topological polar surface area (TPSA) is 74.3 Å². The Hall–Kier alpha value is -2.12. The fourth-order valence-corrected chi connectivity index (χ4v) is 3.80. The molecule has 1 aromatic carbocycles. The summed E-state index contributed by atoms with van der Waals surface area (Å²) in [5, 5.41) is 0. The van der Waals surface area contributed by atoms with E-state index in [1.54, 1.807) is 18.7 Å². The normalized spacial score (nSPS) is 21.8. The molecule has 0 N–H and O–H groups in total. The summed E-state index contributed by atoms with van der Waals surface area (Å²) >= 11 is 0. The molecular weight excluding hydrogens is 410 g/mol. The summed E-state index contributed by atoms with van der Waals surface area (Å²) < 4.78 is 23.5. The van der Waals surface area contributed by atoms with Gasteiger partial charge in [-0.25, -0.2) is 4.79 Å². The molecule has 1 aliphatic heterocycles. The first kappa shape index (κ1) is 26.1. The molecule has 0 spiro atoms. The van der Waals surface area contributed by atoms with Gasteiger partial charge in [0.1, 0.15) is 16.9 Å². The number of nitrogens with zero attached hydrogens (tertiary/aromatic N) is 1. The van der Waals surface area contributed by atoms with E-state index in [0.717, 1.165) is 5.56 Å². The van der Waals surface area contributed by atoms with E-state index in [1.165, 1.54) is 0 Å². The molecule has 1 amide bonds. The second-order valence-corrected chi connectivity index (χ2v) is 10.7. The maximum absolute atomic E-state index is 13.2. The Morgan fingerprint density at radius 2 is 1.59 bits per heavy atom. The molecular formula is C25H39NO6. The van der Waals surface area contributed by atoms with Crippen LogP contribution in [-0.4, -0.2) is 52.1 Å². The van der Waals surface area contributed by atoms with Crippen LogP contribution in [0.4, 0.5) is 4.79 Å². The highest BCUT2D eigenvalue weighted by molar-refractivity contribution is 5.72. The van der Waals surface area contributed by atoms with Crippen molar-refractivity contribution >= 4 is 12.1 Å². The van der Waals surface area contributed by atoms with Crippen LogP contribution in [0.3, 0.4) is 0 Å². The molecule has 1 saturated heterocycles. The Balaban J connectivity index is 2.28. The molecule has 0 aromatic heterocycles. The monoisotopic (exact) mass is 449 g/mol. The van der Waals surface area contributed by atoms with Crippen molar-refractivity contribution in [2.75, 3.05) is 0 Å². The highest BCUT2D eigenvalue weighted by atomic mass is 16.6. The van der Waals surface area contributed by atoms with Gasteiger partial charge in [-0.15, -0.1) is 0 Å². The molecule has 1 aliphatic rings. The van der Waals surface area contributed by atoms with Crippen molar-refractivity contribution in [3.8, 4) is 0 Å². The SMILES string of the molecule is C[C@@H](OCc1ccccc1)[C@H]1[C@H](CC(=O)OC(C)(C)C)OC(C)(C)N1C(=O)OC(C)(C)C. The minimum Gasteiger partial charge on any atom is -0.460 e. The Kier molecular flexibility index (Phi) is 8.00. The molecule has 1 heterocycles. The third kappa shape index (κ3) is 7.48. The van der Waals surface area contributed by atoms with Crippen LogP contribution < -0.4 is 0 Å². The fraction of sp³-hybridized carbons (Fsp3) is 0.680. The molecule has 3 atom stereocenters. The van der Waals surface area contributed by atoms with E-state index in [2.05, 4.69) is 0 Å². The maximum atomic E-state index is 13.2. The lowest BCUT2D eigenvalue weighted by molar-refractivity contribution is -0.159. The lowest BCUT2D eigenvalue weighted by Crippen LogP contribution is -2.54. The van der Waals surface area contributed by atoms with E-state index in [9.17, 15) is 9.59 Å². The molecule has 1 fully saturated rings. The molecule has 180 valence electrons. The third-order valence-electron chi connectivity index (χ3n) is 4.91. The molecule has 7 heteroatoms. The van der Waals surface area contributed by atoms with Gasteiger partial charge < -0.3 is 18.9 Å². The third-order valence-corrected chi connectivity index (χ3v) is 4.91. The number of amides is 1. The highest BCUT2D eigenvalue weighted by Crippen LogP contribution is 2.38. The zero-order valence-electron chi connectivity index (χ0n) is 20.9. The zero-order chi connectivity index (χ0) is 24.3. The van der Waals surface area contributed by atoms with Gasteiger partial charge >= 0.3 is 12.1 Å². The van der Waals surface area contributed by atoms with Gasteiger partial charge in [0, 0.05) is 0 Å². The summed E-state index contributed by atoms with van der Waals surface area (Å²) in [5.41, 5.74) is -1.25. The van der Waals surface area contributed by atoms with Gasteiger partial charge in [0.25, 0.3) is 0 Å². The second kappa shape index (κ2) is 9.79. The largest absolute Gasteiger partial charge is 0.460 e. The zero-order valence-corrected chi connectivity index (χ0v) is 20.9. The van der Waals surface area contributed by atoms with Crippen LogP contribution in [-0.2, 0) is 30.3 Å². The van der Waals surface area contributed by atoms with Crippen molar-refractivity contribution in [3.63, 3.8) is 0 Å². The minimum absolute atomic E-state index is 0.00367. The van der Waals surface area contributed by atoms with Crippen molar-refractivity contribution in [2.24, 2.45) is 0 Å². The number of esters is 1. The molecule has 0 bridgehead atoms. The molecule has 0 aliphatic carbocycles. The van der Waals surface area contributed by atoms with Crippen molar-refractivity contribution in [1.82, 2.24) is 4.90 Å². The van der Waals surface area contributed by atoms with Crippen LogP contribution in [0.1, 0.15) is 74.3 Å². The number of ether oxygens (including phenoxy) is 4. The molecule has 2 rings (SSSR count). The van der Waals surface area contributed by atoms with E-state index >= 15 is 0 Å².